The van der Waals surface area contributed by atoms with Gasteiger partial charge >= 0.3 is 0 Å². The summed E-state index contributed by atoms with van der Waals surface area (Å²) in [7, 11) is 1.70. The second kappa shape index (κ2) is 7.29. The first-order valence-electron chi connectivity index (χ1n) is 6.02. The van der Waals surface area contributed by atoms with Gasteiger partial charge in [-0.05, 0) is 20.8 Å². The Bertz CT molecular complexity index is 312. The highest BCUT2D eigenvalue weighted by molar-refractivity contribution is 5.11. The van der Waals surface area contributed by atoms with Gasteiger partial charge in [0.1, 0.15) is 6.61 Å². The predicted molar refractivity (Wildman–Crippen MR) is 67.4 cm³/mol. The molecule has 1 aromatic rings. The molecule has 0 aliphatic rings. The van der Waals surface area contributed by atoms with E-state index in [4.69, 9.17) is 9.47 Å². The second-order valence-electron chi connectivity index (χ2n) is 4.41. The summed E-state index contributed by atoms with van der Waals surface area (Å²) in [5.74, 6) is 0.819. The molecule has 0 amide bonds. The summed E-state index contributed by atoms with van der Waals surface area (Å²) in [6, 6.07) is 0.717. The minimum Gasteiger partial charge on any atom is -0.489 e. The van der Waals surface area contributed by atoms with Gasteiger partial charge in [-0.15, -0.1) is 0 Å². The molecule has 0 spiro atoms. The molecule has 5 heteroatoms. The van der Waals surface area contributed by atoms with Crippen LogP contribution < -0.4 is 10.1 Å². The quantitative estimate of drug-likeness (QED) is 0.700. The molecule has 0 saturated carbocycles. The standard InChI is InChI=1S/C12H23N3O2/c1-10(2)15-8-12(7-14-15)17-6-5-13-11(3)9-16-4/h7-8,10-11,13H,5-6,9H2,1-4H3. The van der Waals surface area contributed by atoms with Gasteiger partial charge in [0.25, 0.3) is 0 Å². The zero-order valence-corrected chi connectivity index (χ0v) is 11.1. The van der Waals surface area contributed by atoms with Crippen LogP contribution in [0.3, 0.4) is 0 Å². The molecule has 1 aromatic heterocycles. The van der Waals surface area contributed by atoms with Gasteiger partial charge in [0, 0.05) is 25.7 Å². The Morgan fingerprint density at radius 1 is 1.41 bits per heavy atom. The van der Waals surface area contributed by atoms with E-state index in [-0.39, 0.29) is 0 Å². The van der Waals surface area contributed by atoms with Crippen molar-refractivity contribution >= 4 is 0 Å². The molecule has 0 aliphatic carbocycles. The summed E-state index contributed by atoms with van der Waals surface area (Å²) in [5, 5.41) is 7.52. The maximum atomic E-state index is 5.58. The first-order valence-corrected chi connectivity index (χ1v) is 6.02. The Hall–Kier alpha value is -1.07. The Balaban J connectivity index is 2.17. The number of hydrogen-bond acceptors (Lipinski definition) is 4. The van der Waals surface area contributed by atoms with Gasteiger partial charge in [0.15, 0.2) is 5.75 Å². The molecule has 0 saturated heterocycles. The molecular formula is C12H23N3O2. The zero-order chi connectivity index (χ0) is 12.7. The van der Waals surface area contributed by atoms with Crippen LogP contribution in [-0.4, -0.2) is 42.7 Å². The van der Waals surface area contributed by atoms with Crippen molar-refractivity contribution in [2.45, 2.75) is 32.9 Å². The lowest BCUT2D eigenvalue weighted by Crippen LogP contribution is -2.33. The zero-order valence-electron chi connectivity index (χ0n) is 11.1. The minimum atomic E-state index is 0.349. The van der Waals surface area contributed by atoms with Crippen molar-refractivity contribution in [1.29, 1.82) is 0 Å². The lowest BCUT2D eigenvalue weighted by Gasteiger charge is -2.12. The summed E-state index contributed by atoms with van der Waals surface area (Å²) in [4.78, 5) is 0. The van der Waals surface area contributed by atoms with E-state index in [0.717, 1.165) is 12.3 Å². The topological polar surface area (TPSA) is 48.3 Å². The highest BCUT2D eigenvalue weighted by Crippen LogP contribution is 2.11. The van der Waals surface area contributed by atoms with Crippen LogP contribution in [0, 0.1) is 0 Å². The summed E-state index contributed by atoms with van der Waals surface area (Å²) in [6.45, 7) is 8.41. The molecule has 5 nitrogen and oxygen atoms in total. The molecule has 98 valence electrons. The van der Waals surface area contributed by atoms with E-state index in [1.807, 2.05) is 10.9 Å². The normalized spacial score (nSPS) is 13.0. The third-order valence-corrected chi connectivity index (χ3v) is 2.39. The Morgan fingerprint density at radius 3 is 2.76 bits per heavy atom. The summed E-state index contributed by atoms with van der Waals surface area (Å²) < 4.78 is 12.5. The Labute approximate surface area is 103 Å². The highest BCUT2D eigenvalue weighted by atomic mass is 16.5. The largest absolute Gasteiger partial charge is 0.489 e. The number of rotatable bonds is 8. The van der Waals surface area contributed by atoms with Gasteiger partial charge in [0.05, 0.1) is 19.0 Å². The van der Waals surface area contributed by atoms with Crippen LogP contribution in [0.15, 0.2) is 12.4 Å². The summed E-state index contributed by atoms with van der Waals surface area (Å²) in [5.41, 5.74) is 0. The molecule has 0 aliphatic heterocycles. The van der Waals surface area contributed by atoms with Crippen molar-refractivity contribution in [1.82, 2.24) is 15.1 Å². The fraction of sp³-hybridized carbons (Fsp3) is 0.750. The summed E-state index contributed by atoms with van der Waals surface area (Å²) in [6.07, 6.45) is 3.67. The number of nitrogens with one attached hydrogen (secondary N) is 1. The van der Waals surface area contributed by atoms with Gasteiger partial charge in [-0.2, -0.15) is 5.10 Å². The van der Waals surface area contributed by atoms with Crippen LogP contribution in [0.1, 0.15) is 26.8 Å². The van der Waals surface area contributed by atoms with E-state index in [1.54, 1.807) is 13.3 Å². The van der Waals surface area contributed by atoms with Crippen LogP contribution in [0.2, 0.25) is 0 Å². The Kier molecular flexibility index (Phi) is 6.00. The van der Waals surface area contributed by atoms with Crippen molar-refractivity contribution in [2.75, 3.05) is 26.9 Å². The van der Waals surface area contributed by atoms with Crippen molar-refractivity contribution in [3.63, 3.8) is 0 Å². The summed E-state index contributed by atoms with van der Waals surface area (Å²) >= 11 is 0. The van der Waals surface area contributed by atoms with Gasteiger partial charge in [0.2, 0.25) is 0 Å². The molecule has 0 bridgehead atoms. The first kappa shape index (κ1) is 14.0. The van der Waals surface area contributed by atoms with E-state index < -0.39 is 0 Å². The SMILES string of the molecule is COCC(C)NCCOc1cnn(C(C)C)c1. The smallest absolute Gasteiger partial charge is 0.157 e. The van der Waals surface area contributed by atoms with Crippen LogP contribution in [0.25, 0.3) is 0 Å². The van der Waals surface area contributed by atoms with Crippen molar-refractivity contribution < 1.29 is 9.47 Å². The Morgan fingerprint density at radius 2 is 2.18 bits per heavy atom. The number of aromatic nitrogens is 2. The van der Waals surface area contributed by atoms with E-state index in [1.165, 1.54) is 0 Å². The van der Waals surface area contributed by atoms with Crippen LogP contribution in [0.5, 0.6) is 5.75 Å². The fourth-order valence-corrected chi connectivity index (χ4v) is 1.46. The van der Waals surface area contributed by atoms with Crippen molar-refractivity contribution in [2.24, 2.45) is 0 Å². The third kappa shape index (κ3) is 5.19. The maximum Gasteiger partial charge on any atom is 0.157 e. The molecule has 0 radical (unpaired) electrons. The van der Waals surface area contributed by atoms with Crippen molar-refractivity contribution in [3.05, 3.63) is 12.4 Å². The number of ether oxygens (including phenoxy) is 2. The third-order valence-electron chi connectivity index (χ3n) is 2.39. The molecule has 1 rings (SSSR count). The van der Waals surface area contributed by atoms with E-state index in [9.17, 15) is 0 Å². The highest BCUT2D eigenvalue weighted by Gasteiger charge is 2.03. The van der Waals surface area contributed by atoms with E-state index >= 15 is 0 Å². The van der Waals surface area contributed by atoms with Gasteiger partial charge in [-0.1, -0.05) is 0 Å². The average molecular weight is 241 g/mol. The van der Waals surface area contributed by atoms with E-state index in [0.29, 0.717) is 25.3 Å². The molecule has 1 atom stereocenters. The molecule has 1 heterocycles. The van der Waals surface area contributed by atoms with E-state index in [2.05, 4.69) is 31.2 Å². The number of methoxy groups -OCH3 is 1. The number of nitrogens with zero attached hydrogens (tertiary/aromatic N) is 2. The monoisotopic (exact) mass is 241 g/mol. The number of hydrogen-bond donors (Lipinski definition) is 1. The van der Waals surface area contributed by atoms with Gasteiger partial charge in [-0.25, -0.2) is 0 Å². The van der Waals surface area contributed by atoms with Crippen LogP contribution in [0.4, 0.5) is 0 Å². The van der Waals surface area contributed by atoms with Crippen LogP contribution >= 0.6 is 0 Å². The van der Waals surface area contributed by atoms with Gasteiger partial charge in [-0.3, -0.25) is 4.68 Å². The lowest BCUT2D eigenvalue weighted by atomic mass is 10.3. The maximum absolute atomic E-state index is 5.58. The molecule has 1 N–H and O–H groups in total. The fourth-order valence-electron chi connectivity index (χ4n) is 1.46. The molecule has 0 fully saturated rings. The van der Waals surface area contributed by atoms with Crippen molar-refractivity contribution in [3.8, 4) is 5.75 Å². The molecule has 0 aromatic carbocycles. The molecule has 17 heavy (non-hydrogen) atoms. The molecule has 1 unspecified atom stereocenters. The lowest BCUT2D eigenvalue weighted by molar-refractivity contribution is 0.169. The first-order chi connectivity index (χ1) is 8.13. The predicted octanol–water partition coefficient (Wildman–Crippen LogP) is 1.47. The average Bonchev–Trinajstić information content (AvgIpc) is 2.73. The van der Waals surface area contributed by atoms with Gasteiger partial charge < -0.3 is 14.8 Å². The van der Waals surface area contributed by atoms with Crippen LogP contribution in [-0.2, 0) is 4.74 Å². The second-order valence-corrected chi connectivity index (χ2v) is 4.41. The molecular weight excluding hydrogens is 218 g/mol. The minimum absolute atomic E-state index is 0.349.